The van der Waals surface area contributed by atoms with Gasteiger partial charge in [-0.05, 0) is 19.4 Å². The van der Waals surface area contributed by atoms with E-state index in [2.05, 4.69) is 5.10 Å². The molecule has 1 aromatic heterocycles. The molecule has 0 aliphatic heterocycles. The molecule has 0 saturated heterocycles. The molecule has 0 radical (unpaired) electrons. The average Bonchev–Trinajstić information content (AvgIpc) is 2.96. The van der Waals surface area contributed by atoms with Crippen LogP contribution in [0, 0.1) is 0 Å². The Balaban J connectivity index is 2.21. The number of hydrogen-bond donors (Lipinski definition) is 3. The van der Waals surface area contributed by atoms with Crippen molar-refractivity contribution in [1.29, 1.82) is 0 Å². The normalized spacial score (nSPS) is 12.7. The van der Waals surface area contributed by atoms with Crippen LogP contribution in [-0.4, -0.2) is 20.5 Å². The Morgan fingerprint density at radius 3 is 2.19 bits per heavy atom. The minimum atomic E-state index is -0.980. The first-order valence-corrected chi connectivity index (χ1v) is 9.01. The van der Waals surface area contributed by atoms with Gasteiger partial charge in [-0.25, -0.2) is 4.68 Å². The van der Waals surface area contributed by atoms with Gasteiger partial charge in [0.2, 0.25) is 0 Å². The third kappa shape index (κ3) is 4.15. The number of anilines is 1. The van der Waals surface area contributed by atoms with E-state index in [1.807, 2.05) is 60.7 Å². The van der Waals surface area contributed by atoms with Crippen LogP contribution in [0.2, 0.25) is 0 Å². The predicted octanol–water partition coefficient (Wildman–Crippen LogP) is 3.93. The lowest BCUT2D eigenvalue weighted by molar-refractivity contribution is 0.0585. The predicted molar refractivity (Wildman–Crippen MR) is 112 cm³/mol. The zero-order chi connectivity index (χ0) is 19.6. The van der Waals surface area contributed by atoms with E-state index in [9.17, 15) is 5.11 Å². The lowest BCUT2D eigenvalue weighted by Gasteiger charge is -2.17. The van der Waals surface area contributed by atoms with Crippen LogP contribution < -0.4 is 11.5 Å². The smallest absolute Gasteiger partial charge is 0.131 e. The van der Waals surface area contributed by atoms with Crippen LogP contribution in [0.3, 0.4) is 0 Å². The molecule has 0 saturated carbocycles. The van der Waals surface area contributed by atoms with E-state index in [-0.39, 0.29) is 6.54 Å². The summed E-state index contributed by atoms with van der Waals surface area (Å²) in [6.45, 7) is 3.63. The molecule has 0 bridgehead atoms. The van der Waals surface area contributed by atoms with Gasteiger partial charge in [-0.3, -0.25) is 0 Å². The molecular formula is C21H23ClN4O. The van der Waals surface area contributed by atoms with Gasteiger partial charge in [-0.15, -0.1) is 0 Å². The molecule has 3 aromatic rings. The van der Waals surface area contributed by atoms with Crippen LogP contribution in [0.25, 0.3) is 22.0 Å². The molecule has 0 amide bonds. The highest BCUT2D eigenvalue weighted by Crippen LogP contribution is 2.38. The van der Waals surface area contributed by atoms with Crippen LogP contribution in [0.5, 0.6) is 0 Å². The quantitative estimate of drug-likeness (QED) is 0.623. The number of halogens is 1. The van der Waals surface area contributed by atoms with Crippen LogP contribution in [-0.2, 0) is 6.54 Å². The zero-order valence-electron chi connectivity index (χ0n) is 15.4. The molecule has 27 heavy (non-hydrogen) atoms. The number of hydrogen-bond acceptors (Lipinski definition) is 4. The second-order valence-corrected chi connectivity index (χ2v) is 7.42. The molecule has 0 spiro atoms. The van der Waals surface area contributed by atoms with Gasteiger partial charge in [0.1, 0.15) is 11.5 Å². The van der Waals surface area contributed by atoms with E-state index >= 15 is 0 Å². The number of nitrogen functional groups attached to an aromatic ring is 1. The van der Waals surface area contributed by atoms with Crippen molar-refractivity contribution in [3.05, 3.63) is 71.8 Å². The third-order valence-electron chi connectivity index (χ3n) is 4.12. The minimum absolute atomic E-state index is 0.230. The first kappa shape index (κ1) is 19.0. The van der Waals surface area contributed by atoms with Crippen LogP contribution in [0.15, 0.2) is 60.7 Å². The summed E-state index contributed by atoms with van der Waals surface area (Å²) in [5, 5.41) is 15.2. The van der Waals surface area contributed by atoms with Crippen molar-refractivity contribution in [3.63, 3.8) is 0 Å². The maximum Gasteiger partial charge on any atom is 0.131 e. The highest BCUT2D eigenvalue weighted by molar-refractivity contribution is 6.53. The Morgan fingerprint density at radius 2 is 1.63 bits per heavy atom. The van der Waals surface area contributed by atoms with Gasteiger partial charge in [-0.1, -0.05) is 72.3 Å². The summed E-state index contributed by atoms with van der Waals surface area (Å²) in [4.78, 5) is 0. The third-order valence-corrected chi connectivity index (χ3v) is 4.51. The topological polar surface area (TPSA) is 90.1 Å². The summed E-state index contributed by atoms with van der Waals surface area (Å²) in [7, 11) is 0. The van der Waals surface area contributed by atoms with Gasteiger partial charge < -0.3 is 16.6 Å². The first-order chi connectivity index (χ1) is 12.8. The van der Waals surface area contributed by atoms with E-state index in [0.717, 1.165) is 11.1 Å². The molecule has 0 atom stereocenters. The maximum absolute atomic E-state index is 10.2. The van der Waals surface area contributed by atoms with Crippen molar-refractivity contribution >= 4 is 28.1 Å². The Hall–Kier alpha value is -2.76. The number of benzene rings is 2. The minimum Gasteiger partial charge on any atom is -0.397 e. The average molecular weight is 383 g/mol. The van der Waals surface area contributed by atoms with E-state index in [1.54, 1.807) is 18.5 Å². The molecule has 0 fully saturated rings. The van der Waals surface area contributed by atoms with E-state index < -0.39 is 5.60 Å². The highest BCUT2D eigenvalue weighted by Gasteiger charge is 2.24. The number of nitrogens with zero attached hydrogens (tertiary/aromatic N) is 2. The fourth-order valence-electron chi connectivity index (χ4n) is 2.86. The number of nitrogens with two attached hydrogens (primary N) is 2. The van der Waals surface area contributed by atoms with Crippen molar-refractivity contribution in [2.75, 3.05) is 5.73 Å². The Labute approximate surface area is 163 Å². The SMILES string of the molecule is CC(C)(O)Cn1nc(-c2ccccc2)c(/C(Cl)=C(\N)c2ccccc2)c1N. The van der Waals surface area contributed by atoms with Gasteiger partial charge in [0.15, 0.2) is 0 Å². The van der Waals surface area contributed by atoms with Crippen LogP contribution in [0.1, 0.15) is 25.0 Å². The van der Waals surface area contributed by atoms with Crippen LogP contribution >= 0.6 is 11.6 Å². The molecule has 140 valence electrons. The summed E-state index contributed by atoms with van der Waals surface area (Å²) in [5.41, 5.74) is 15.0. The maximum atomic E-state index is 10.2. The van der Waals surface area contributed by atoms with Gasteiger partial charge in [0, 0.05) is 5.56 Å². The molecule has 0 unspecified atom stereocenters. The largest absolute Gasteiger partial charge is 0.397 e. The molecule has 2 aromatic carbocycles. The van der Waals surface area contributed by atoms with Crippen LogP contribution in [0.4, 0.5) is 5.82 Å². The zero-order valence-corrected chi connectivity index (χ0v) is 16.1. The second-order valence-electron chi connectivity index (χ2n) is 7.04. The number of aliphatic hydroxyl groups is 1. The van der Waals surface area contributed by atoms with Crippen molar-refractivity contribution in [3.8, 4) is 11.3 Å². The van der Waals surface area contributed by atoms with Gasteiger partial charge >= 0.3 is 0 Å². The van der Waals surface area contributed by atoms with Gasteiger partial charge in [-0.2, -0.15) is 5.10 Å². The fourth-order valence-corrected chi connectivity index (χ4v) is 3.15. The Bertz CT molecular complexity index is 957. The molecule has 6 heteroatoms. The van der Waals surface area contributed by atoms with Crippen molar-refractivity contribution in [2.24, 2.45) is 5.73 Å². The monoisotopic (exact) mass is 382 g/mol. The summed E-state index contributed by atoms with van der Waals surface area (Å²) in [5.74, 6) is 0.361. The standard InChI is InChI=1S/C21H23ClN4O/c1-21(2,27)13-26-20(24)16(19(25-26)15-11-7-4-8-12-15)17(22)18(23)14-9-5-3-6-10-14/h3-12,27H,13,23-24H2,1-2H3/b18-17+. The summed E-state index contributed by atoms with van der Waals surface area (Å²) < 4.78 is 1.57. The lowest BCUT2D eigenvalue weighted by Crippen LogP contribution is -2.27. The summed E-state index contributed by atoms with van der Waals surface area (Å²) in [6.07, 6.45) is 0. The summed E-state index contributed by atoms with van der Waals surface area (Å²) >= 11 is 6.69. The van der Waals surface area contributed by atoms with Gasteiger partial charge in [0.05, 0.1) is 28.4 Å². The Morgan fingerprint density at radius 1 is 1.07 bits per heavy atom. The second kappa shape index (κ2) is 7.47. The fraction of sp³-hybridized carbons (Fsp3) is 0.190. The number of aromatic nitrogens is 2. The number of rotatable bonds is 5. The molecule has 5 nitrogen and oxygen atoms in total. The Kier molecular flexibility index (Phi) is 5.26. The molecule has 3 rings (SSSR count). The van der Waals surface area contributed by atoms with E-state index in [0.29, 0.717) is 27.8 Å². The molecule has 5 N–H and O–H groups in total. The first-order valence-electron chi connectivity index (χ1n) is 8.63. The molecular weight excluding hydrogens is 360 g/mol. The van der Waals surface area contributed by atoms with Crippen molar-refractivity contribution in [1.82, 2.24) is 9.78 Å². The lowest BCUT2D eigenvalue weighted by atomic mass is 10.0. The highest BCUT2D eigenvalue weighted by atomic mass is 35.5. The van der Waals surface area contributed by atoms with E-state index in [4.69, 9.17) is 23.1 Å². The molecule has 0 aliphatic carbocycles. The van der Waals surface area contributed by atoms with E-state index in [1.165, 1.54) is 0 Å². The van der Waals surface area contributed by atoms with Crippen molar-refractivity contribution < 1.29 is 5.11 Å². The van der Waals surface area contributed by atoms with Crippen molar-refractivity contribution in [2.45, 2.75) is 26.0 Å². The molecule has 0 aliphatic rings. The van der Waals surface area contributed by atoms with Gasteiger partial charge in [0.25, 0.3) is 0 Å². The summed E-state index contributed by atoms with van der Waals surface area (Å²) in [6, 6.07) is 19.1. The molecule has 1 heterocycles.